The molecule has 0 amide bonds. The van der Waals surface area contributed by atoms with Crippen LogP contribution in [0, 0.1) is 5.92 Å². The third kappa shape index (κ3) is 4.95. The van der Waals surface area contributed by atoms with E-state index in [2.05, 4.69) is 12.1 Å². The first-order valence-electron chi connectivity index (χ1n) is 13.1. The lowest BCUT2D eigenvalue weighted by Gasteiger charge is -2.38. The van der Waals surface area contributed by atoms with Crippen LogP contribution in [0.3, 0.4) is 0 Å². The standard InChI is InChI=1S/C28H37NO5S/c1-2-25-8-6-23-16-22(21-4-3-5-21)7-10-27(23)29(25)35(31,32)26-9-11-28(24(17-26)18-30)34-19-20-12-14-33-15-13-20/h7,9-11,16-17,20-21,25,30H,2-6,8,12-15,18-19H2,1H3/t25-/m1/s1. The van der Waals surface area contributed by atoms with Crippen LogP contribution < -0.4 is 9.04 Å². The molecule has 7 heteroatoms. The second-order valence-corrected chi connectivity index (χ2v) is 12.0. The molecule has 2 aromatic rings. The monoisotopic (exact) mass is 499 g/mol. The largest absolute Gasteiger partial charge is 0.493 e. The summed E-state index contributed by atoms with van der Waals surface area (Å²) in [5.74, 6) is 1.59. The van der Waals surface area contributed by atoms with E-state index < -0.39 is 10.0 Å². The van der Waals surface area contributed by atoms with Crippen molar-refractivity contribution in [1.29, 1.82) is 0 Å². The summed E-state index contributed by atoms with van der Waals surface area (Å²) in [6.45, 7) is 3.81. The predicted molar refractivity (Wildman–Crippen MR) is 137 cm³/mol. The fourth-order valence-corrected chi connectivity index (χ4v) is 7.41. The first-order chi connectivity index (χ1) is 17.0. The number of anilines is 1. The Hall–Kier alpha value is -2.09. The zero-order valence-electron chi connectivity index (χ0n) is 20.6. The lowest BCUT2D eigenvalue weighted by atomic mass is 9.79. The van der Waals surface area contributed by atoms with Crippen molar-refractivity contribution < 1.29 is 23.0 Å². The van der Waals surface area contributed by atoms with Crippen LogP contribution in [-0.2, 0) is 27.8 Å². The van der Waals surface area contributed by atoms with Gasteiger partial charge in [-0.2, -0.15) is 0 Å². The maximum atomic E-state index is 14.0. The molecular formula is C28H37NO5S. The van der Waals surface area contributed by atoms with E-state index in [9.17, 15) is 13.5 Å². The molecule has 1 atom stereocenters. The Bertz CT molecular complexity index is 1140. The van der Waals surface area contributed by atoms with Crippen LogP contribution >= 0.6 is 0 Å². The Morgan fingerprint density at radius 2 is 1.86 bits per heavy atom. The third-order valence-corrected chi connectivity index (χ3v) is 9.90. The normalized spacial score (nSPS) is 21.4. The molecule has 0 radical (unpaired) electrons. The van der Waals surface area contributed by atoms with Crippen LogP contribution in [0.2, 0.25) is 0 Å². The van der Waals surface area contributed by atoms with Crippen molar-refractivity contribution in [1.82, 2.24) is 0 Å². The van der Waals surface area contributed by atoms with Gasteiger partial charge in [0.15, 0.2) is 0 Å². The van der Waals surface area contributed by atoms with Gasteiger partial charge in [-0.25, -0.2) is 8.42 Å². The van der Waals surface area contributed by atoms with Crippen molar-refractivity contribution in [3.63, 3.8) is 0 Å². The molecule has 2 fully saturated rings. The minimum Gasteiger partial charge on any atom is -0.493 e. The number of benzene rings is 2. The maximum absolute atomic E-state index is 14.0. The van der Waals surface area contributed by atoms with E-state index in [0.29, 0.717) is 29.8 Å². The SMILES string of the molecule is CC[C@@H]1CCc2cc(C3CCC3)ccc2N1S(=O)(=O)c1ccc(OCC2CCOCC2)c(CO)c1. The van der Waals surface area contributed by atoms with Crippen LogP contribution in [0.15, 0.2) is 41.3 Å². The molecule has 6 nitrogen and oxygen atoms in total. The molecule has 1 N–H and O–H groups in total. The summed E-state index contributed by atoms with van der Waals surface area (Å²) >= 11 is 0. The summed E-state index contributed by atoms with van der Waals surface area (Å²) in [4.78, 5) is 0.203. The van der Waals surface area contributed by atoms with Crippen LogP contribution in [0.25, 0.3) is 0 Å². The first-order valence-corrected chi connectivity index (χ1v) is 14.6. The summed E-state index contributed by atoms with van der Waals surface area (Å²) in [7, 11) is -3.80. The van der Waals surface area contributed by atoms with Crippen molar-refractivity contribution in [2.45, 2.75) is 81.8 Å². The Morgan fingerprint density at radius 3 is 2.54 bits per heavy atom. The van der Waals surface area contributed by atoms with Crippen molar-refractivity contribution in [2.75, 3.05) is 24.1 Å². The molecular weight excluding hydrogens is 462 g/mol. The average molecular weight is 500 g/mol. The molecule has 1 saturated heterocycles. The smallest absolute Gasteiger partial charge is 0.264 e. The summed E-state index contributed by atoms with van der Waals surface area (Å²) in [6, 6.07) is 11.2. The van der Waals surface area contributed by atoms with Gasteiger partial charge >= 0.3 is 0 Å². The number of aliphatic hydroxyl groups is 1. The average Bonchev–Trinajstić information content (AvgIpc) is 2.86. The molecule has 0 spiro atoms. The molecule has 2 heterocycles. The van der Waals surface area contributed by atoms with Crippen LogP contribution in [-0.4, -0.2) is 39.4 Å². The number of rotatable bonds is 8. The summed E-state index contributed by atoms with van der Waals surface area (Å²) in [5, 5.41) is 10.0. The van der Waals surface area contributed by atoms with E-state index in [4.69, 9.17) is 9.47 Å². The fraction of sp³-hybridized carbons (Fsp3) is 0.571. The molecule has 0 unspecified atom stereocenters. The van der Waals surface area contributed by atoms with Crippen LogP contribution in [0.4, 0.5) is 5.69 Å². The first kappa shape index (κ1) is 24.6. The topological polar surface area (TPSA) is 76.1 Å². The molecule has 35 heavy (non-hydrogen) atoms. The highest BCUT2D eigenvalue weighted by atomic mass is 32.2. The van der Waals surface area contributed by atoms with Crippen molar-refractivity contribution in [2.24, 2.45) is 5.92 Å². The lowest BCUT2D eigenvalue weighted by Crippen LogP contribution is -2.43. The number of sulfonamides is 1. The van der Waals surface area contributed by atoms with Gasteiger partial charge in [0, 0.05) is 24.8 Å². The minimum absolute atomic E-state index is 0.0796. The molecule has 3 aliphatic rings. The molecule has 2 aromatic carbocycles. The zero-order chi connectivity index (χ0) is 24.4. The minimum atomic E-state index is -3.80. The second kappa shape index (κ2) is 10.5. The molecule has 0 bridgehead atoms. The number of ether oxygens (including phenoxy) is 2. The molecule has 1 saturated carbocycles. The van der Waals surface area contributed by atoms with Gasteiger partial charge in [0.25, 0.3) is 10.0 Å². The number of aliphatic hydroxyl groups excluding tert-OH is 1. The summed E-state index contributed by atoms with van der Waals surface area (Å²) in [6.07, 6.45) is 8.12. The van der Waals surface area contributed by atoms with E-state index in [1.165, 1.54) is 24.8 Å². The van der Waals surface area contributed by atoms with Crippen molar-refractivity contribution in [3.8, 4) is 5.75 Å². The van der Waals surface area contributed by atoms with Crippen molar-refractivity contribution in [3.05, 3.63) is 53.1 Å². The number of hydrogen-bond donors (Lipinski definition) is 1. The van der Waals surface area contributed by atoms with Crippen LogP contribution in [0.1, 0.15) is 74.5 Å². The van der Waals surface area contributed by atoms with Gasteiger partial charge in [-0.3, -0.25) is 4.31 Å². The summed E-state index contributed by atoms with van der Waals surface area (Å²) < 4.78 is 41.0. The highest BCUT2D eigenvalue weighted by molar-refractivity contribution is 7.92. The van der Waals surface area contributed by atoms with E-state index in [-0.39, 0.29) is 17.5 Å². The Morgan fingerprint density at radius 1 is 1.06 bits per heavy atom. The molecule has 1 aliphatic carbocycles. The van der Waals surface area contributed by atoms with Gasteiger partial charge in [0.1, 0.15) is 5.75 Å². The summed E-state index contributed by atoms with van der Waals surface area (Å²) in [5.41, 5.74) is 3.78. The van der Waals surface area contributed by atoms with Crippen molar-refractivity contribution >= 4 is 15.7 Å². The number of nitrogens with zero attached hydrogens (tertiary/aromatic N) is 1. The number of aryl methyl sites for hydroxylation is 1. The van der Waals surface area contributed by atoms with E-state index in [0.717, 1.165) is 56.6 Å². The molecule has 0 aromatic heterocycles. The van der Waals surface area contributed by atoms with Gasteiger partial charge in [-0.15, -0.1) is 0 Å². The molecule has 190 valence electrons. The Balaban J connectivity index is 1.42. The van der Waals surface area contributed by atoms with Gasteiger partial charge < -0.3 is 14.6 Å². The lowest BCUT2D eigenvalue weighted by molar-refractivity contribution is 0.0494. The zero-order valence-corrected chi connectivity index (χ0v) is 21.4. The predicted octanol–water partition coefficient (Wildman–Crippen LogP) is 5.17. The van der Waals surface area contributed by atoms with Gasteiger partial charge in [0.05, 0.1) is 23.8 Å². The van der Waals surface area contributed by atoms with E-state index >= 15 is 0 Å². The Kier molecular flexibility index (Phi) is 7.37. The van der Waals surface area contributed by atoms with Gasteiger partial charge in [0.2, 0.25) is 0 Å². The van der Waals surface area contributed by atoms with E-state index in [1.807, 2.05) is 13.0 Å². The third-order valence-electron chi connectivity index (χ3n) is 8.04. The quantitative estimate of drug-likeness (QED) is 0.542. The second-order valence-electron chi connectivity index (χ2n) is 10.2. The maximum Gasteiger partial charge on any atom is 0.264 e. The molecule has 5 rings (SSSR count). The highest BCUT2D eigenvalue weighted by Gasteiger charge is 2.36. The number of fused-ring (bicyclic) bond motifs is 1. The highest BCUT2D eigenvalue weighted by Crippen LogP contribution is 2.42. The van der Waals surface area contributed by atoms with Crippen LogP contribution in [0.5, 0.6) is 5.75 Å². The Labute approximate surface area is 209 Å². The van der Waals surface area contributed by atoms with Gasteiger partial charge in [-0.1, -0.05) is 25.5 Å². The van der Waals surface area contributed by atoms with E-state index in [1.54, 1.807) is 22.5 Å². The molecule has 2 aliphatic heterocycles. The van der Waals surface area contributed by atoms with Gasteiger partial charge in [-0.05, 0) is 92.2 Å². The fourth-order valence-electron chi connectivity index (χ4n) is 5.56. The number of hydrogen-bond acceptors (Lipinski definition) is 5.